The first-order valence-corrected chi connectivity index (χ1v) is 9.52. The Morgan fingerprint density at radius 1 is 1.08 bits per heavy atom. The van der Waals surface area contributed by atoms with Crippen molar-refractivity contribution >= 4 is 28.1 Å². The van der Waals surface area contributed by atoms with E-state index in [1.54, 1.807) is 0 Å². The molecule has 0 aromatic carbocycles. The average Bonchev–Trinajstić information content (AvgIpc) is 2.20. The van der Waals surface area contributed by atoms with Gasteiger partial charge in [0.05, 0.1) is 0 Å². The quantitative estimate of drug-likeness (QED) is 0.536. The van der Waals surface area contributed by atoms with E-state index < -0.39 is 7.14 Å². The SMILES string of the molecule is O=P1(C2CCCCC2)C=C[Te]C=C1. The molecule has 2 aliphatic rings. The molecule has 1 nitrogen and oxygen atoms in total. The summed E-state index contributed by atoms with van der Waals surface area (Å²) in [5.41, 5.74) is 0.488. The molecule has 1 saturated carbocycles. The van der Waals surface area contributed by atoms with Gasteiger partial charge >= 0.3 is 90.3 Å². The molecule has 0 N–H and O–H groups in total. The minimum atomic E-state index is -2.02. The Bertz CT molecular complexity index is 261. The van der Waals surface area contributed by atoms with Crippen molar-refractivity contribution in [3.63, 3.8) is 0 Å². The van der Waals surface area contributed by atoms with E-state index in [9.17, 15) is 4.57 Å². The molecule has 0 aromatic heterocycles. The standard InChI is InChI=1S/C10H15OPTe/c11-12(6-8-13-9-7-12)10-4-2-1-3-5-10/h6-10H,1-5H2. The topological polar surface area (TPSA) is 17.1 Å². The first kappa shape index (κ1) is 10.0. The van der Waals surface area contributed by atoms with Crippen molar-refractivity contribution in [1.82, 2.24) is 0 Å². The third-order valence-electron chi connectivity index (χ3n) is 2.89. The van der Waals surface area contributed by atoms with Crippen LogP contribution >= 0.6 is 7.14 Å². The van der Waals surface area contributed by atoms with E-state index in [4.69, 9.17) is 0 Å². The third kappa shape index (κ3) is 2.30. The molecule has 1 aliphatic carbocycles. The summed E-state index contributed by atoms with van der Waals surface area (Å²) in [7, 11) is -2.02. The molecule has 0 unspecified atom stereocenters. The number of hydrogen-bond acceptors (Lipinski definition) is 1. The summed E-state index contributed by atoms with van der Waals surface area (Å²) in [6, 6.07) is 0. The van der Waals surface area contributed by atoms with E-state index in [1.807, 2.05) is 11.6 Å². The van der Waals surface area contributed by atoms with Crippen LogP contribution in [-0.2, 0) is 4.57 Å². The van der Waals surface area contributed by atoms with Crippen LogP contribution in [0.5, 0.6) is 0 Å². The van der Waals surface area contributed by atoms with Gasteiger partial charge in [0.1, 0.15) is 0 Å². The summed E-state index contributed by atoms with van der Waals surface area (Å²) in [6.07, 6.45) is 6.29. The summed E-state index contributed by atoms with van der Waals surface area (Å²) in [5.74, 6) is 4.09. The molecule has 0 aromatic rings. The molecule has 0 bridgehead atoms. The van der Waals surface area contributed by atoms with Gasteiger partial charge in [0.2, 0.25) is 0 Å². The molecular formula is C10H15OPTe. The van der Waals surface area contributed by atoms with Crippen molar-refractivity contribution in [3.05, 3.63) is 19.9 Å². The maximum absolute atomic E-state index is 12.4. The fraction of sp³-hybridized carbons (Fsp3) is 0.600. The normalized spacial score (nSPS) is 27.7. The molecule has 0 amide bonds. The fourth-order valence-corrected chi connectivity index (χ4v) is 9.08. The average molecular weight is 310 g/mol. The van der Waals surface area contributed by atoms with Gasteiger partial charge < -0.3 is 0 Å². The monoisotopic (exact) mass is 312 g/mol. The summed E-state index contributed by atoms with van der Waals surface area (Å²) in [5, 5.41) is 0. The molecule has 2 rings (SSSR count). The van der Waals surface area contributed by atoms with E-state index in [0.717, 1.165) is 0 Å². The summed E-state index contributed by atoms with van der Waals surface area (Å²) in [4.78, 5) is 0. The zero-order valence-corrected chi connectivity index (χ0v) is 10.9. The Balaban J connectivity index is 2.12. The van der Waals surface area contributed by atoms with Crippen molar-refractivity contribution in [2.75, 3.05) is 0 Å². The van der Waals surface area contributed by atoms with Crippen molar-refractivity contribution in [1.29, 1.82) is 0 Å². The van der Waals surface area contributed by atoms with Crippen molar-refractivity contribution in [2.24, 2.45) is 0 Å². The molecule has 0 radical (unpaired) electrons. The van der Waals surface area contributed by atoms with Crippen LogP contribution in [0, 0.1) is 0 Å². The fourth-order valence-electron chi connectivity index (χ4n) is 2.08. The molecule has 1 aliphatic heterocycles. The van der Waals surface area contributed by atoms with Crippen molar-refractivity contribution in [2.45, 2.75) is 37.8 Å². The summed E-state index contributed by atoms with van der Waals surface area (Å²) < 4.78 is 16.8. The maximum atomic E-state index is 12.4. The van der Waals surface area contributed by atoms with Gasteiger partial charge in [-0.25, -0.2) is 0 Å². The van der Waals surface area contributed by atoms with E-state index in [2.05, 4.69) is 8.25 Å². The molecule has 1 heterocycles. The second-order valence-corrected chi connectivity index (χ2v) is 8.95. The Morgan fingerprint density at radius 3 is 2.31 bits per heavy atom. The van der Waals surface area contributed by atoms with Gasteiger partial charge in [0, 0.05) is 0 Å². The Kier molecular flexibility index (Phi) is 3.35. The van der Waals surface area contributed by atoms with Gasteiger partial charge in [-0.2, -0.15) is 0 Å². The van der Waals surface area contributed by atoms with Crippen LogP contribution in [0.3, 0.4) is 0 Å². The van der Waals surface area contributed by atoms with Gasteiger partial charge in [-0.15, -0.1) is 0 Å². The van der Waals surface area contributed by atoms with Gasteiger partial charge in [-0.05, 0) is 0 Å². The van der Waals surface area contributed by atoms with Crippen molar-refractivity contribution in [3.8, 4) is 0 Å². The summed E-state index contributed by atoms with van der Waals surface area (Å²) >= 11 is -0.0589. The molecule has 0 saturated heterocycles. The van der Waals surface area contributed by atoms with Gasteiger partial charge in [-0.3, -0.25) is 0 Å². The van der Waals surface area contributed by atoms with Crippen LogP contribution < -0.4 is 0 Å². The predicted molar refractivity (Wildman–Crippen MR) is 58.5 cm³/mol. The molecule has 0 spiro atoms. The van der Waals surface area contributed by atoms with E-state index in [0.29, 0.717) is 5.66 Å². The van der Waals surface area contributed by atoms with Gasteiger partial charge in [0.15, 0.2) is 0 Å². The van der Waals surface area contributed by atoms with Crippen molar-refractivity contribution < 1.29 is 4.57 Å². The Morgan fingerprint density at radius 2 is 1.69 bits per heavy atom. The zero-order valence-electron chi connectivity index (χ0n) is 7.69. The number of hydrogen-bond donors (Lipinski definition) is 0. The van der Waals surface area contributed by atoms with Gasteiger partial charge in [0.25, 0.3) is 0 Å². The summed E-state index contributed by atoms with van der Waals surface area (Å²) in [6.45, 7) is 0. The second kappa shape index (κ2) is 4.35. The first-order chi connectivity index (χ1) is 6.31. The minimum absolute atomic E-state index is 0.0589. The van der Waals surface area contributed by atoms with Crippen LogP contribution in [0.2, 0.25) is 0 Å². The predicted octanol–water partition coefficient (Wildman–Crippen LogP) is 3.34. The molecule has 72 valence electrons. The number of rotatable bonds is 1. The zero-order chi connectivity index (χ0) is 9.15. The van der Waals surface area contributed by atoms with Gasteiger partial charge in [-0.1, -0.05) is 0 Å². The van der Waals surface area contributed by atoms with E-state index in [-0.39, 0.29) is 20.9 Å². The molecule has 1 fully saturated rings. The second-order valence-electron chi connectivity index (χ2n) is 3.76. The van der Waals surface area contributed by atoms with Crippen LogP contribution in [0.25, 0.3) is 0 Å². The molecule has 3 heteroatoms. The molecule has 0 atom stereocenters. The van der Waals surface area contributed by atoms with E-state index >= 15 is 0 Å². The van der Waals surface area contributed by atoms with E-state index in [1.165, 1.54) is 32.1 Å². The first-order valence-electron chi connectivity index (χ1n) is 4.91. The van der Waals surface area contributed by atoms with Crippen LogP contribution in [-0.4, -0.2) is 26.6 Å². The Hall–Kier alpha value is 0.500. The molecular weight excluding hydrogens is 295 g/mol. The van der Waals surface area contributed by atoms with Crippen LogP contribution in [0.4, 0.5) is 0 Å². The van der Waals surface area contributed by atoms with Crippen LogP contribution in [0.1, 0.15) is 32.1 Å². The van der Waals surface area contributed by atoms with Crippen LogP contribution in [0.15, 0.2) is 19.9 Å². The Labute approximate surface area is 90.1 Å². The third-order valence-corrected chi connectivity index (χ3v) is 8.70. The molecule has 13 heavy (non-hydrogen) atoms.